The Morgan fingerprint density at radius 3 is 2.20 bits per heavy atom. The molecule has 0 unspecified atom stereocenters. The Hall–Kier alpha value is -1.35. The van der Waals surface area contributed by atoms with Crippen LogP contribution in [0.2, 0.25) is 0 Å². The molecule has 2 N–H and O–H groups in total. The Bertz CT molecular complexity index is 391. The molecule has 0 aliphatic rings. The molecule has 0 amide bonds. The van der Waals surface area contributed by atoms with Crippen molar-refractivity contribution in [3.05, 3.63) is 58.8 Å². The molecule has 1 aromatic heterocycles. The molecule has 0 saturated heterocycles. The van der Waals surface area contributed by atoms with Gasteiger partial charge in [-0.05, 0) is 12.1 Å². The van der Waals surface area contributed by atoms with Crippen LogP contribution in [0.25, 0.3) is 0 Å². The van der Waals surface area contributed by atoms with Gasteiger partial charge in [-0.3, -0.25) is 0 Å². The lowest BCUT2D eigenvalue weighted by atomic mass is 10.2. The van der Waals surface area contributed by atoms with Crippen molar-refractivity contribution in [1.29, 1.82) is 0 Å². The van der Waals surface area contributed by atoms with E-state index in [1.54, 1.807) is 0 Å². The lowest BCUT2D eigenvalue weighted by Crippen LogP contribution is -2.33. The monoisotopic (exact) mass is 263 g/mol. The summed E-state index contributed by atoms with van der Waals surface area (Å²) in [5, 5.41) is 0. The Morgan fingerprint density at radius 1 is 1.00 bits per heavy atom. The first-order valence-corrected chi connectivity index (χ1v) is 5.52. The zero-order chi connectivity index (χ0) is 10.7. The van der Waals surface area contributed by atoms with Crippen molar-refractivity contribution >= 4 is 21.6 Å². The SMILES string of the molecule is Nc1cc[n+](Cc2ccc(Br)cc2)cc1. The van der Waals surface area contributed by atoms with E-state index in [0.29, 0.717) is 0 Å². The molecule has 0 saturated carbocycles. The molecule has 0 radical (unpaired) electrons. The topological polar surface area (TPSA) is 29.9 Å². The quantitative estimate of drug-likeness (QED) is 0.829. The second-order valence-corrected chi connectivity index (χ2v) is 4.35. The van der Waals surface area contributed by atoms with E-state index in [2.05, 4.69) is 32.6 Å². The Labute approximate surface area is 97.5 Å². The minimum atomic E-state index is 0.794. The molecular formula is C12H12BrN2+. The van der Waals surface area contributed by atoms with E-state index in [9.17, 15) is 0 Å². The van der Waals surface area contributed by atoms with Gasteiger partial charge >= 0.3 is 0 Å². The maximum Gasteiger partial charge on any atom is 0.173 e. The number of anilines is 1. The molecule has 0 atom stereocenters. The van der Waals surface area contributed by atoms with E-state index in [1.807, 2.05) is 36.7 Å². The van der Waals surface area contributed by atoms with Gasteiger partial charge in [0.05, 0.1) is 0 Å². The Morgan fingerprint density at radius 2 is 1.60 bits per heavy atom. The standard InChI is InChI=1S/C12H11BrN2/c13-11-3-1-10(2-4-11)9-15-7-5-12(14)6-8-15/h1-8,14H,9H2/p+1. The number of rotatable bonds is 2. The van der Waals surface area contributed by atoms with E-state index in [-0.39, 0.29) is 0 Å². The van der Waals surface area contributed by atoms with Gasteiger partial charge in [-0.15, -0.1) is 0 Å². The van der Waals surface area contributed by atoms with Gasteiger partial charge in [0.1, 0.15) is 0 Å². The average molecular weight is 264 g/mol. The first kappa shape index (κ1) is 10.2. The molecule has 2 nitrogen and oxygen atoms in total. The van der Waals surface area contributed by atoms with E-state index < -0.39 is 0 Å². The summed E-state index contributed by atoms with van der Waals surface area (Å²) < 4.78 is 3.20. The zero-order valence-electron chi connectivity index (χ0n) is 8.23. The van der Waals surface area contributed by atoms with Gasteiger partial charge in [0.25, 0.3) is 0 Å². The lowest BCUT2D eigenvalue weighted by molar-refractivity contribution is -0.688. The van der Waals surface area contributed by atoms with Crippen LogP contribution in [0.15, 0.2) is 53.3 Å². The van der Waals surface area contributed by atoms with Crippen molar-refractivity contribution in [1.82, 2.24) is 0 Å². The Balaban J connectivity index is 2.15. The number of nitrogens with two attached hydrogens (primary N) is 1. The largest absolute Gasteiger partial charge is 0.398 e. The van der Waals surface area contributed by atoms with Gasteiger partial charge in [-0.1, -0.05) is 28.1 Å². The van der Waals surface area contributed by atoms with Crippen LogP contribution in [0.5, 0.6) is 0 Å². The third-order valence-corrected chi connectivity index (χ3v) is 2.72. The molecular weight excluding hydrogens is 252 g/mol. The third kappa shape index (κ3) is 2.80. The molecule has 2 rings (SSSR count). The van der Waals surface area contributed by atoms with Crippen LogP contribution in [-0.4, -0.2) is 0 Å². The second-order valence-electron chi connectivity index (χ2n) is 3.43. The van der Waals surface area contributed by atoms with E-state index in [1.165, 1.54) is 5.56 Å². The first-order chi connectivity index (χ1) is 7.24. The number of nitrogen functional groups attached to an aromatic ring is 1. The number of aromatic nitrogens is 1. The van der Waals surface area contributed by atoms with Crippen molar-refractivity contribution in [2.45, 2.75) is 6.54 Å². The minimum Gasteiger partial charge on any atom is -0.398 e. The first-order valence-electron chi connectivity index (χ1n) is 4.73. The van der Waals surface area contributed by atoms with E-state index >= 15 is 0 Å². The molecule has 1 heterocycles. The summed E-state index contributed by atoms with van der Waals surface area (Å²) in [7, 11) is 0. The van der Waals surface area contributed by atoms with Gasteiger partial charge in [0, 0.05) is 27.9 Å². The highest BCUT2D eigenvalue weighted by Gasteiger charge is 2.01. The number of pyridine rings is 1. The predicted molar refractivity (Wildman–Crippen MR) is 64.3 cm³/mol. The summed E-state index contributed by atoms with van der Waals surface area (Å²) in [4.78, 5) is 0. The van der Waals surface area contributed by atoms with Crippen LogP contribution >= 0.6 is 15.9 Å². The molecule has 0 bridgehead atoms. The fourth-order valence-electron chi connectivity index (χ4n) is 1.37. The summed E-state index contributed by atoms with van der Waals surface area (Å²) in [6.07, 6.45) is 3.97. The lowest BCUT2D eigenvalue weighted by Gasteiger charge is -1.98. The number of hydrogen-bond acceptors (Lipinski definition) is 1. The number of halogens is 1. The fourth-order valence-corrected chi connectivity index (χ4v) is 1.64. The van der Waals surface area contributed by atoms with Gasteiger partial charge < -0.3 is 5.73 Å². The maximum atomic E-state index is 5.62. The van der Waals surface area contributed by atoms with Crippen molar-refractivity contribution in [2.75, 3.05) is 5.73 Å². The Kier molecular flexibility index (Phi) is 3.02. The van der Waals surface area contributed by atoms with E-state index in [0.717, 1.165) is 16.7 Å². The summed E-state index contributed by atoms with van der Waals surface area (Å²) >= 11 is 3.42. The van der Waals surface area contributed by atoms with Crippen molar-refractivity contribution < 1.29 is 4.57 Å². The summed E-state index contributed by atoms with van der Waals surface area (Å²) in [6, 6.07) is 12.1. The summed E-state index contributed by atoms with van der Waals surface area (Å²) in [5.41, 5.74) is 7.69. The van der Waals surface area contributed by atoms with Crippen molar-refractivity contribution in [3.8, 4) is 0 Å². The number of hydrogen-bond donors (Lipinski definition) is 1. The second kappa shape index (κ2) is 4.45. The molecule has 0 aliphatic heterocycles. The molecule has 0 spiro atoms. The highest BCUT2D eigenvalue weighted by Crippen LogP contribution is 2.10. The van der Waals surface area contributed by atoms with Crippen molar-refractivity contribution in [3.63, 3.8) is 0 Å². The molecule has 0 fully saturated rings. The zero-order valence-corrected chi connectivity index (χ0v) is 9.81. The highest BCUT2D eigenvalue weighted by molar-refractivity contribution is 9.10. The molecule has 76 valence electrons. The van der Waals surface area contributed by atoms with Crippen LogP contribution in [0.4, 0.5) is 5.69 Å². The molecule has 3 heteroatoms. The predicted octanol–water partition coefficient (Wildman–Crippen LogP) is 2.37. The third-order valence-electron chi connectivity index (χ3n) is 2.20. The van der Waals surface area contributed by atoms with Gasteiger partial charge in [0.15, 0.2) is 18.9 Å². The smallest absolute Gasteiger partial charge is 0.173 e. The minimum absolute atomic E-state index is 0.794. The number of benzene rings is 1. The normalized spacial score (nSPS) is 10.2. The van der Waals surface area contributed by atoms with Gasteiger partial charge in [-0.2, -0.15) is 0 Å². The highest BCUT2D eigenvalue weighted by atomic mass is 79.9. The van der Waals surface area contributed by atoms with Crippen LogP contribution in [0.3, 0.4) is 0 Å². The molecule has 0 aliphatic carbocycles. The van der Waals surface area contributed by atoms with Gasteiger partial charge in [0.2, 0.25) is 0 Å². The van der Waals surface area contributed by atoms with Crippen LogP contribution < -0.4 is 10.3 Å². The van der Waals surface area contributed by atoms with Crippen LogP contribution in [0.1, 0.15) is 5.56 Å². The summed E-state index contributed by atoms with van der Waals surface area (Å²) in [5.74, 6) is 0. The molecule has 15 heavy (non-hydrogen) atoms. The average Bonchev–Trinajstić information content (AvgIpc) is 2.25. The van der Waals surface area contributed by atoms with E-state index in [4.69, 9.17) is 5.73 Å². The van der Waals surface area contributed by atoms with Crippen molar-refractivity contribution in [2.24, 2.45) is 0 Å². The summed E-state index contributed by atoms with van der Waals surface area (Å²) in [6.45, 7) is 0.869. The number of nitrogens with zero attached hydrogens (tertiary/aromatic N) is 1. The maximum absolute atomic E-state index is 5.62. The molecule has 1 aromatic carbocycles. The fraction of sp³-hybridized carbons (Fsp3) is 0.0833. The van der Waals surface area contributed by atoms with Crippen LogP contribution in [-0.2, 0) is 6.54 Å². The molecule has 2 aromatic rings. The van der Waals surface area contributed by atoms with Crippen LogP contribution in [0, 0.1) is 0 Å². The van der Waals surface area contributed by atoms with Gasteiger partial charge in [-0.25, -0.2) is 4.57 Å².